The van der Waals surface area contributed by atoms with Gasteiger partial charge >= 0.3 is 5.97 Å². The number of carboxylic acids is 1. The van der Waals surface area contributed by atoms with Gasteiger partial charge in [0.1, 0.15) is 5.75 Å². The van der Waals surface area contributed by atoms with Crippen molar-refractivity contribution in [3.63, 3.8) is 0 Å². The van der Waals surface area contributed by atoms with E-state index in [1.165, 1.54) is 0 Å². The van der Waals surface area contributed by atoms with Gasteiger partial charge in [0.2, 0.25) is 8.32 Å². The molecule has 0 heterocycles. The molecule has 0 radical (unpaired) electrons. The molecule has 1 aromatic carbocycles. The van der Waals surface area contributed by atoms with E-state index >= 15 is 0 Å². The maximum atomic E-state index is 11.4. The van der Waals surface area contributed by atoms with Gasteiger partial charge in [0, 0.05) is 5.20 Å². The minimum absolute atomic E-state index is 0.538. The van der Waals surface area contributed by atoms with Crippen molar-refractivity contribution < 1.29 is 14.3 Å². The third-order valence-corrected chi connectivity index (χ3v) is 5.48. The lowest BCUT2D eigenvalue weighted by Gasteiger charge is -2.19. The third kappa shape index (κ3) is 5.34. The maximum absolute atomic E-state index is 11.4. The molecule has 0 amide bonds. The van der Waals surface area contributed by atoms with Crippen LogP contribution >= 0.6 is 0 Å². The molecule has 5 heteroatoms. The number of rotatable bonds is 5. The molecule has 0 aliphatic heterocycles. The molecule has 1 rings (SSSR count). The van der Waals surface area contributed by atoms with Gasteiger partial charge in [0.05, 0.1) is 8.07 Å². The van der Waals surface area contributed by atoms with Gasteiger partial charge in [-0.1, -0.05) is 31.8 Å². The molecule has 20 heavy (non-hydrogen) atoms. The quantitative estimate of drug-likeness (QED) is 0.653. The van der Waals surface area contributed by atoms with E-state index < -0.39 is 22.4 Å². The molecule has 0 aliphatic carbocycles. The summed E-state index contributed by atoms with van der Waals surface area (Å²) in [5.74, 6) is 0.0396. The SMILES string of the molecule is C[Si](C)(C)Oc1ccc(C=C(C(=O)O)[Si](C)(C)C)cc1. The Hall–Kier alpha value is -1.34. The minimum Gasteiger partial charge on any atom is -0.544 e. The highest BCUT2D eigenvalue weighted by molar-refractivity contribution is 6.87. The first kappa shape index (κ1) is 16.7. The molecule has 0 spiro atoms. The van der Waals surface area contributed by atoms with E-state index in [2.05, 4.69) is 19.6 Å². The van der Waals surface area contributed by atoms with Crippen LogP contribution in [0.5, 0.6) is 5.75 Å². The number of benzene rings is 1. The standard InChI is InChI=1S/C15H24O3Si2/c1-19(2,3)14(15(16)17)11-12-7-9-13(10-8-12)18-20(4,5)6/h7-11H,1-6H3,(H,16,17). The zero-order valence-electron chi connectivity index (χ0n) is 13.2. The summed E-state index contributed by atoms with van der Waals surface area (Å²) >= 11 is 0. The molecule has 0 fully saturated rings. The fourth-order valence-corrected chi connectivity index (χ4v) is 3.84. The summed E-state index contributed by atoms with van der Waals surface area (Å²) in [6, 6.07) is 7.65. The Bertz CT molecular complexity index is 505. The number of carboxylic acid groups (broad SMARTS) is 1. The van der Waals surface area contributed by atoms with Crippen molar-refractivity contribution in [2.24, 2.45) is 0 Å². The molecule has 0 saturated heterocycles. The zero-order valence-corrected chi connectivity index (χ0v) is 15.2. The van der Waals surface area contributed by atoms with E-state index in [4.69, 9.17) is 4.43 Å². The highest BCUT2D eigenvalue weighted by atomic mass is 28.4. The Morgan fingerprint density at radius 3 is 1.90 bits per heavy atom. The van der Waals surface area contributed by atoms with Gasteiger partial charge in [0.15, 0.2) is 0 Å². The number of aliphatic carboxylic acids is 1. The summed E-state index contributed by atoms with van der Waals surface area (Å²) in [7, 11) is -3.45. The van der Waals surface area contributed by atoms with E-state index in [0.717, 1.165) is 11.3 Å². The number of hydrogen-bond donors (Lipinski definition) is 1. The molecule has 0 atom stereocenters. The van der Waals surface area contributed by atoms with Crippen LogP contribution in [0.3, 0.4) is 0 Å². The summed E-state index contributed by atoms with van der Waals surface area (Å²) in [6.45, 7) is 12.5. The van der Waals surface area contributed by atoms with E-state index in [0.29, 0.717) is 5.20 Å². The summed E-state index contributed by atoms with van der Waals surface area (Å²) < 4.78 is 5.89. The molecule has 0 saturated carbocycles. The third-order valence-electron chi connectivity index (χ3n) is 2.65. The van der Waals surface area contributed by atoms with Crippen molar-refractivity contribution in [3.05, 3.63) is 35.0 Å². The topological polar surface area (TPSA) is 46.5 Å². The number of hydrogen-bond acceptors (Lipinski definition) is 2. The van der Waals surface area contributed by atoms with Gasteiger partial charge in [-0.05, 0) is 43.4 Å². The van der Waals surface area contributed by atoms with Crippen LogP contribution in [0.2, 0.25) is 39.3 Å². The minimum atomic E-state index is -1.85. The first-order valence-electron chi connectivity index (χ1n) is 6.73. The predicted octanol–water partition coefficient (Wildman–Crippen LogP) is 4.25. The molecule has 110 valence electrons. The van der Waals surface area contributed by atoms with Crippen molar-refractivity contribution in [2.45, 2.75) is 39.3 Å². The van der Waals surface area contributed by atoms with Gasteiger partial charge < -0.3 is 9.53 Å². The summed E-state index contributed by atoms with van der Waals surface area (Å²) in [4.78, 5) is 11.4. The predicted molar refractivity (Wildman–Crippen MR) is 89.4 cm³/mol. The van der Waals surface area contributed by atoms with Gasteiger partial charge in [-0.25, -0.2) is 4.79 Å². The first-order valence-corrected chi connectivity index (χ1v) is 13.6. The molecule has 0 unspecified atom stereocenters. The van der Waals surface area contributed by atoms with Crippen LogP contribution in [0.25, 0.3) is 6.08 Å². The highest BCUT2D eigenvalue weighted by Crippen LogP contribution is 2.21. The van der Waals surface area contributed by atoms with Gasteiger partial charge in [-0.3, -0.25) is 0 Å². The molecular formula is C15H24O3Si2. The van der Waals surface area contributed by atoms with Crippen molar-refractivity contribution in [1.82, 2.24) is 0 Å². The monoisotopic (exact) mass is 308 g/mol. The van der Waals surface area contributed by atoms with E-state index in [9.17, 15) is 9.90 Å². The van der Waals surface area contributed by atoms with Gasteiger partial charge in [-0.2, -0.15) is 0 Å². The van der Waals surface area contributed by atoms with Crippen LogP contribution in [-0.4, -0.2) is 27.5 Å². The highest BCUT2D eigenvalue weighted by Gasteiger charge is 2.25. The van der Waals surface area contributed by atoms with Crippen molar-refractivity contribution in [1.29, 1.82) is 0 Å². The van der Waals surface area contributed by atoms with Crippen molar-refractivity contribution in [3.8, 4) is 5.75 Å². The molecular weight excluding hydrogens is 284 g/mol. The second kappa shape index (κ2) is 5.97. The summed E-state index contributed by atoms with van der Waals surface area (Å²) in [5, 5.41) is 9.86. The molecule has 0 aliphatic rings. The normalized spacial score (nSPS) is 13.2. The average Bonchev–Trinajstić information content (AvgIpc) is 2.23. The lowest BCUT2D eigenvalue weighted by atomic mass is 10.2. The van der Waals surface area contributed by atoms with E-state index in [-0.39, 0.29) is 0 Å². The van der Waals surface area contributed by atoms with Crippen LogP contribution in [0, 0.1) is 0 Å². The molecule has 1 aromatic rings. The Labute approximate surface area is 123 Å². The van der Waals surface area contributed by atoms with Gasteiger partial charge in [0.25, 0.3) is 0 Å². The van der Waals surface area contributed by atoms with Crippen LogP contribution in [-0.2, 0) is 4.79 Å². The van der Waals surface area contributed by atoms with E-state index in [1.54, 1.807) is 6.08 Å². The summed E-state index contributed by atoms with van der Waals surface area (Å²) in [6.07, 6.45) is 1.78. The lowest BCUT2D eigenvalue weighted by Crippen LogP contribution is -2.29. The second-order valence-corrected chi connectivity index (χ2v) is 16.4. The van der Waals surface area contributed by atoms with Gasteiger partial charge in [-0.15, -0.1) is 0 Å². The van der Waals surface area contributed by atoms with Crippen LogP contribution in [0.4, 0.5) is 0 Å². The fourth-order valence-electron chi connectivity index (χ4n) is 1.75. The Balaban J connectivity index is 3.01. The fraction of sp³-hybridized carbons (Fsp3) is 0.400. The summed E-state index contributed by atoms with van der Waals surface area (Å²) in [5.41, 5.74) is 0.910. The molecule has 1 N–H and O–H groups in total. The van der Waals surface area contributed by atoms with Crippen LogP contribution in [0.1, 0.15) is 5.56 Å². The van der Waals surface area contributed by atoms with Crippen LogP contribution in [0.15, 0.2) is 29.5 Å². The van der Waals surface area contributed by atoms with E-state index in [1.807, 2.05) is 43.9 Å². The largest absolute Gasteiger partial charge is 0.544 e. The average molecular weight is 309 g/mol. The Morgan fingerprint density at radius 2 is 1.55 bits per heavy atom. The smallest absolute Gasteiger partial charge is 0.327 e. The van der Waals surface area contributed by atoms with Crippen molar-refractivity contribution >= 4 is 28.4 Å². The number of carbonyl (C=O) groups is 1. The maximum Gasteiger partial charge on any atom is 0.327 e. The lowest BCUT2D eigenvalue weighted by molar-refractivity contribution is -0.131. The van der Waals surface area contributed by atoms with Crippen LogP contribution < -0.4 is 4.43 Å². The molecule has 0 bridgehead atoms. The van der Waals surface area contributed by atoms with Crippen molar-refractivity contribution in [2.75, 3.05) is 0 Å². The second-order valence-electron chi connectivity index (χ2n) is 6.90. The molecule has 0 aromatic heterocycles. The Morgan fingerprint density at radius 1 is 1.05 bits per heavy atom. The molecule has 3 nitrogen and oxygen atoms in total. The zero-order chi connectivity index (χ0) is 15.6. The first-order chi connectivity index (χ1) is 8.99. The Kier molecular flexibility index (Phi) is 4.99.